The first kappa shape index (κ1) is 52.6. The smallest absolute Gasteiger partial charge is 0.458 e. The number of phosphoric ester groups is 1. The Hall–Kier alpha value is -2.41. The van der Waals surface area contributed by atoms with Crippen molar-refractivity contribution in [3.8, 4) is 0 Å². The third kappa shape index (κ3) is 34.6. The van der Waals surface area contributed by atoms with Crippen molar-refractivity contribution in [2.24, 2.45) is 0 Å². The summed E-state index contributed by atoms with van der Waals surface area (Å²) in [4.78, 5) is 69.4. The van der Waals surface area contributed by atoms with Gasteiger partial charge in [0.05, 0.1) is 19.8 Å². The highest BCUT2D eigenvalue weighted by Crippen LogP contribution is 2.36. The summed E-state index contributed by atoms with van der Waals surface area (Å²) in [6.07, 6.45) is 17.3. The normalized spacial score (nSPS) is 13.1. The molecular formula is C40H75O14P. The zero-order chi connectivity index (χ0) is 41.0. The summed E-state index contributed by atoms with van der Waals surface area (Å²) in [5, 5.41) is 0. The van der Waals surface area contributed by atoms with Crippen LogP contribution in [-0.4, -0.2) is 78.8 Å². The molecule has 0 aliphatic carbocycles. The van der Waals surface area contributed by atoms with Crippen molar-refractivity contribution in [3.05, 3.63) is 0 Å². The summed E-state index contributed by atoms with van der Waals surface area (Å²) >= 11 is 0. The number of esters is 2. The largest absolute Gasteiger partial charge is 0.508 e. The molecule has 0 amide bonds. The Labute approximate surface area is 331 Å². The number of hydrogen-bond donors (Lipinski definition) is 2. The minimum atomic E-state index is -5.05. The van der Waals surface area contributed by atoms with Gasteiger partial charge in [-0.2, -0.15) is 0 Å². The number of ether oxygens (including phenoxy) is 6. The Morgan fingerprint density at radius 2 is 0.855 bits per heavy atom. The van der Waals surface area contributed by atoms with E-state index < -0.39 is 63.6 Å². The molecule has 0 saturated heterocycles. The van der Waals surface area contributed by atoms with Gasteiger partial charge in [-0.05, 0) is 26.7 Å². The van der Waals surface area contributed by atoms with Crippen molar-refractivity contribution < 1.29 is 66.5 Å². The van der Waals surface area contributed by atoms with E-state index in [1.165, 1.54) is 77.0 Å². The quantitative estimate of drug-likeness (QED) is 0.0261. The number of rotatable bonds is 37. The van der Waals surface area contributed by atoms with Crippen LogP contribution in [0.3, 0.4) is 0 Å². The van der Waals surface area contributed by atoms with Crippen molar-refractivity contribution >= 4 is 32.1 Å². The van der Waals surface area contributed by atoms with Crippen LogP contribution in [0, 0.1) is 0 Å². The second-order valence-corrected chi connectivity index (χ2v) is 15.3. The van der Waals surface area contributed by atoms with Gasteiger partial charge in [-0.3, -0.25) is 14.1 Å². The van der Waals surface area contributed by atoms with Crippen LogP contribution in [0.4, 0.5) is 9.59 Å². The minimum absolute atomic E-state index is 0.0168. The van der Waals surface area contributed by atoms with Crippen molar-refractivity contribution in [1.82, 2.24) is 0 Å². The van der Waals surface area contributed by atoms with Crippen molar-refractivity contribution in [2.45, 2.75) is 207 Å². The van der Waals surface area contributed by atoms with Crippen LogP contribution in [0.2, 0.25) is 0 Å². The highest BCUT2D eigenvalue weighted by Gasteiger charge is 2.35. The first-order valence-corrected chi connectivity index (χ1v) is 22.7. The highest BCUT2D eigenvalue weighted by atomic mass is 31.2. The summed E-state index contributed by atoms with van der Waals surface area (Å²) in [5.74, 6) is -1.32. The second-order valence-electron chi connectivity index (χ2n) is 14.1. The van der Waals surface area contributed by atoms with E-state index in [-0.39, 0.29) is 32.5 Å². The van der Waals surface area contributed by atoms with Crippen molar-refractivity contribution in [2.75, 3.05) is 26.4 Å². The molecule has 0 aromatic heterocycles. The maximum atomic E-state index is 13.2. The van der Waals surface area contributed by atoms with Crippen LogP contribution < -0.4 is 0 Å². The van der Waals surface area contributed by atoms with Crippen LogP contribution in [0.25, 0.3) is 0 Å². The Bertz CT molecular complexity index is 1020. The molecule has 0 bridgehead atoms. The highest BCUT2D eigenvalue weighted by molar-refractivity contribution is 7.46. The maximum Gasteiger partial charge on any atom is 0.508 e. The Morgan fingerprint density at radius 1 is 0.473 bits per heavy atom. The molecule has 0 saturated carbocycles. The van der Waals surface area contributed by atoms with Crippen LogP contribution in [0.5, 0.6) is 0 Å². The fraction of sp³-hybridized carbons (Fsp3) is 0.900. The van der Waals surface area contributed by atoms with Gasteiger partial charge in [0.25, 0.3) is 0 Å². The molecule has 0 heterocycles. The summed E-state index contributed by atoms with van der Waals surface area (Å²) in [6.45, 7) is 6.19. The number of carbonyl (C=O) groups excluding carboxylic acids is 4. The molecule has 15 heteroatoms. The lowest BCUT2D eigenvalue weighted by atomic mass is 10.0. The van der Waals surface area contributed by atoms with Gasteiger partial charge in [0.15, 0.2) is 6.10 Å². The molecule has 0 spiro atoms. The van der Waals surface area contributed by atoms with E-state index in [1.54, 1.807) is 13.8 Å². The van der Waals surface area contributed by atoms with Gasteiger partial charge in [0.2, 0.25) is 0 Å². The molecule has 55 heavy (non-hydrogen) atoms. The van der Waals surface area contributed by atoms with Crippen LogP contribution in [0.1, 0.15) is 188 Å². The molecule has 3 atom stereocenters. The van der Waals surface area contributed by atoms with Crippen molar-refractivity contribution in [3.63, 3.8) is 0 Å². The van der Waals surface area contributed by atoms with E-state index in [2.05, 4.69) is 13.8 Å². The maximum absolute atomic E-state index is 13.2. The van der Waals surface area contributed by atoms with E-state index >= 15 is 0 Å². The molecule has 0 radical (unpaired) electrons. The Kier molecular flexibility index (Phi) is 34.4. The molecule has 0 fully saturated rings. The van der Waals surface area contributed by atoms with Gasteiger partial charge in [0, 0.05) is 19.3 Å². The summed E-state index contributed by atoms with van der Waals surface area (Å²) < 4.78 is 47.9. The third-order valence-electron chi connectivity index (χ3n) is 9.03. The predicted molar refractivity (Wildman–Crippen MR) is 209 cm³/mol. The molecule has 0 rings (SSSR count). The predicted octanol–water partition coefficient (Wildman–Crippen LogP) is 10.4. The third-order valence-corrected chi connectivity index (χ3v) is 9.51. The zero-order valence-corrected chi connectivity index (χ0v) is 35.4. The Morgan fingerprint density at radius 3 is 1.25 bits per heavy atom. The number of carbonyl (C=O) groups is 4. The molecule has 0 aromatic rings. The molecular weight excluding hydrogens is 735 g/mol. The molecule has 0 aliphatic heterocycles. The van der Waals surface area contributed by atoms with E-state index in [0.29, 0.717) is 12.8 Å². The first-order chi connectivity index (χ1) is 26.4. The summed E-state index contributed by atoms with van der Waals surface area (Å²) in [7, 11) is -5.05. The lowest BCUT2D eigenvalue weighted by Gasteiger charge is -2.29. The Balaban J connectivity index is 5.58. The first-order valence-electron chi connectivity index (χ1n) is 21.2. The average molecular weight is 811 g/mol. The summed E-state index contributed by atoms with van der Waals surface area (Å²) in [6, 6.07) is 0. The van der Waals surface area contributed by atoms with Crippen molar-refractivity contribution in [1.29, 1.82) is 0 Å². The molecule has 14 nitrogen and oxygen atoms in total. The molecule has 2 unspecified atom stereocenters. The lowest BCUT2D eigenvalue weighted by Crippen LogP contribution is -2.42. The van der Waals surface area contributed by atoms with E-state index in [4.69, 9.17) is 32.9 Å². The van der Waals surface area contributed by atoms with Gasteiger partial charge in [-0.25, -0.2) is 14.2 Å². The topological polar surface area (TPSA) is 190 Å². The molecule has 0 aromatic carbocycles. The standard InChI is InChI=1S/C40H75O14P/c1-5-9-11-13-15-17-19-21-23-25-27-29-37(41)53-35(31-34(52-40(44)49-8-4)32-50-39(43)48-7-3)36(33-51-55(45,46)47)54-38(42)30-28-26-24-22-20-18-16-14-12-10-6-2/h34-36H,5-33H2,1-4H3,(H2,45,46,47)/t34?,35?,36-/m1/s1. The number of phosphoric acid groups is 1. The summed E-state index contributed by atoms with van der Waals surface area (Å²) in [5.41, 5.74) is 0. The fourth-order valence-electron chi connectivity index (χ4n) is 6.00. The lowest BCUT2D eigenvalue weighted by molar-refractivity contribution is -0.174. The fourth-order valence-corrected chi connectivity index (χ4v) is 6.35. The van der Waals surface area contributed by atoms with E-state index in [1.807, 2.05) is 0 Å². The van der Waals surface area contributed by atoms with Crippen LogP contribution in [-0.2, 0) is 47.1 Å². The molecule has 324 valence electrons. The average Bonchev–Trinajstić information content (AvgIpc) is 3.13. The molecule has 2 N–H and O–H groups in total. The monoisotopic (exact) mass is 810 g/mol. The SMILES string of the molecule is CCCCCCCCCCCCCC(=O)OC(CC(COC(=O)OCC)OC(=O)OCC)[C@@H](COP(=O)(O)O)OC(=O)CCCCCCCCCCCCC. The van der Waals surface area contributed by atoms with Crippen LogP contribution >= 0.6 is 7.82 Å². The van der Waals surface area contributed by atoms with Gasteiger partial charge in [-0.1, -0.05) is 142 Å². The number of hydrogen-bond acceptors (Lipinski definition) is 12. The minimum Gasteiger partial charge on any atom is -0.458 e. The van der Waals surface area contributed by atoms with Gasteiger partial charge >= 0.3 is 32.1 Å². The second kappa shape index (κ2) is 36.0. The van der Waals surface area contributed by atoms with E-state index in [0.717, 1.165) is 51.4 Å². The van der Waals surface area contributed by atoms with Gasteiger partial charge in [-0.15, -0.1) is 0 Å². The van der Waals surface area contributed by atoms with Crippen LogP contribution in [0.15, 0.2) is 0 Å². The zero-order valence-electron chi connectivity index (χ0n) is 34.5. The van der Waals surface area contributed by atoms with Gasteiger partial charge in [0.1, 0.15) is 18.8 Å². The number of unbranched alkanes of at least 4 members (excludes halogenated alkanes) is 20. The van der Waals surface area contributed by atoms with E-state index in [9.17, 15) is 33.5 Å². The van der Waals surface area contributed by atoms with Gasteiger partial charge < -0.3 is 38.2 Å². The molecule has 0 aliphatic rings.